The lowest BCUT2D eigenvalue weighted by atomic mass is 10.2. The van der Waals surface area contributed by atoms with Gasteiger partial charge in [-0.2, -0.15) is 0 Å². The van der Waals surface area contributed by atoms with E-state index in [1.54, 1.807) is 23.1 Å². The number of hydrogen-bond donors (Lipinski definition) is 1. The van der Waals surface area contributed by atoms with Crippen molar-refractivity contribution in [2.24, 2.45) is 0 Å². The van der Waals surface area contributed by atoms with Gasteiger partial charge in [0, 0.05) is 18.8 Å². The molecule has 0 spiro atoms. The van der Waals surface area contributed by atoms with E-state index in [2.05, 4.69) is 0 Å². The molecule has 0 aromatic heterocycles. The number of anilines is 1. The summed E-state index contributed by atoms with van der Waals surface area (Å²) < 4.78 is 0. The van der Waals surface area contributed by atoms with Gasteiger partial charge in [0.2, 0.25) is 5.91 Å². The van der Waals surface area contributed by atoms with E-state index in [-0.39, 0.29) is 18.6 Å². The minimum atomic E-state index is -0.179. The van der Waals surface area contributed by atoms with Gasteiger partial charge in [-0.15, -0.1) is 0 Å². The summed E-state index contributed by atoms with van der Waals surface area (Å²) in [5.41, 5.74) is 0.763. The molecule has 1 unspecified atom stereocenters. The maximum absolute atomic E-state index is 12.3. The number of carbonyl (C=O) groups excluding carboxylic acids is 1. The fraction of sp³-hybridized carbons (Fsp3) is 0.462. The SMILES string of the molecule is CN(CCO)C1CCN(c2ccc(Cl)c(Cl)c2)C1=O. The van der Waals surface area contributed by atoms with Crippen molar-refractivity contribution in [3.8, 4) is 0 Å². The molecule has 4 nitrogen and oxygen atoms in total. The second-order valence-corrected chi connectivity index (χ2v) is 5.41. The van der Waals surface area contributed by atoms with E-state index in [1.165, 1.54) is 0 Å². The van der Waals surface area contributed by atoms with Crippen LogP contribution in [0.1, 0.15) is 6.42 Å². The van der Waals surface area contributed by atoms with Crippen molar-refractivity contribution < 1.29 is 9.90 Å². The van der Waals surface area contributed by atoms with Crippen LogP contribution in [0, 0.1) is 0 Å². The summed E-state index contributed by atoms with van der Waals surface area (Å²) in [5.74, 6) is 0.0364. The molecule has 6 heteroatoms. The van der Waals surface area contributed by atoms with Crippen LogP contribution >= 0.6 is 23.2 Å². The Morgan fingerprint density at radius 2 is 2.16 bits per heavy atom. The van der Waals surface area contributed by atoms with Crippen molar-refractivity contribution in [2.75, 3.05) is 31.6 Å². The van der Waals surface area contributed by atoms with E-state index in [4.69, 9.17) is 28.3 Å². The zero-order chi connectivity index (χ0) is 14.0. The molecule has 0 aliphatic carbocycles. The largest absolute Gasteiger partial charge is 0.395 e. The minimum absolute atomic E-state index is 0.0364. The molecule has 2 rings (SSSR count). The standard InChI is InChI=1S/C13H16Cl2N2O2/c1-16(6-7-18)12-4-5-17(13(12)19)9-2-3-10(14)11(15)8-9/h2-3,8,12,18H,4-7H2,1H3. The Morgan fingerprint density at radius 1 is 1.42 bits per heavy atom. The molecule has 19 heavy (non-hydrogen) atoms. The smallest absolute Gasteiger partial charge is 0.244 e. The van der Waals surface area contributed by atoms with Gasteiger partial charge in [0.05, 0.1) is 22.7 Å². The van der Waals surface area contributed by atoms with Gasteiger partial charge in [-0.3, -0.25) is 9.69 Å². The zero-order valence-corrected chi connectivity index (χ0v) is 12.2. The van der Waals surface area contributed by atoms with Gasteiger partial charge in [0.15, 0.2) is 0 Å². The van der Waals surface area contributed by atoms with E-state index < -0.39 is 0 Å². The summed E-state index contributed by atoms with van der Waals surface area (Å²) in [5, 5.41) is 9.86. The lowest BCUT2D eigenvalue weighted by Crippen LogP contribution is -2.40. The number of nitrogens with zero attached hydrogens (tertiary/aromatic N) is 2. The molecule has 1 aliphatic heterocycles. The first-order valence-electron chi connectivity index (χ1n) is 6.12. The Labute approximate surface area is 122 Å². The highest BCUT2D eigenvalue weighted by Gasteiger charge is 2.35. The molecule has 1 aromatic rings. The number of rotatable bonds is 4. The molecule has 1 saturated heterocycles. The quantitative estimate of drug-likeness (QED) is 0.925. The van der Waals surface area contributed by atoms with Crippen LogP contribution < -0.4 is 4.90 Å². The van der Waals surface area contributed by atoms with Crippen LogP contribution in [0.2, 0.25) is 10.0 Å². The molecule has 1 amide bonds. The molecular formula is C13H16Cl2N2O2. The van der Waals surface area contributed by atoms with Crippen LogP contribution in [0.4, 0.5) is 5.69 Å². The average molecular weight is 303 g/mol. The van der Waals surface area contributed by atoms with Crippen molar-refractivity contribution in [3.63, 3.8) is 0 Å². The van der Waals surface area contributed by atoms with Gasteiger partial charge in [0.1, 0.15) is 0 Å². The predicted octanol–water partition coefficient (Wildman–Crippen LogP) is 2.02. The lowest BCUT2D eigenvalue weighted by Gasteiger charge is -2.23. The highest BCUT2D eigenvalue weighted by Crippen LogP contribution is 2.30. The number of aliphatic hydroxyl groups is 1. The van der Waals surface area contributed by atoms with Gasteiger partial charge in [-0.1, -0.05) is 23.2 Å². The number of carbonyl (C=O) groups is 1. The molecule has 1 fully saturated rings. The summed E-state index contributed by atoms with van der Waals surface area (Å²) in [6.45, 7) is 1.19. The average Bonchev–Trinajstić information content (AvgIpc) is 2.75. The molecular weight excluding hydrogens is 287 g/mol. The third kappa shape index (κ3) is 3.03. The van der Waals surface area contributed by atoms with Crippen LogP contribution in [0.25, 0.3) is 0 Å². The van der Waals surface area contributed by atoms with Crippen molar-refractivity contribution in [1.29, 1.82) is 0 Å². The maximum Gasteiger partial charge on any atom is 0.244 e. The lowest BCUT2D eigenvalue weighted by molar-refractivity contribution is -0.121. The number of aliphatic hydroxyl groups excluding tert-OH is 1. The molecule has 1 heterocycles. The Bertz CT molecular complexity index is 482. The van der Waals surface area contributed by atoms with E-state index in [1.807, 2.05) is 11.9 Å². The minimum Gasteiger partial charge on any atom is -0.395 e. The summed E-state index contributed by atoms with van der Waals surface area (Å²) in [6, 6.07) is 5.01. The van der Waals surface area contributed by atoms with Crippen LogP contribution in [0.5, 0.6) is 0 Å². The topological polar surface area (TPSA) is 43.8 Å². The van der Waals surface area contributed by atoms with E-state index in [0.717, 1.165) is 12.1 Å². The summed E-state index contributed by atoms with van der Waals surface area (Å²) in [6.07, 6.45) is 0.746. The highest BCUT2D eigenvalue weighted by atomic mass is 35.5. The van der Waals surface area contributed by atoms with Crippen LogP contribution in [-0.2, 0) is 4.79 Å². The molecule has 1 atom stereocenters. The van der Waals surface area contributed by atoms with Crippen LogP contribution in [-0.4, -0.2) is 48.7 Å². The third-order valence-electron chi connectivity index (χ3n) is 3.38. The van der Waals surface area contributed by atoms with Crippen LogP contribution in [0.15, 0.2) is 18.2 Å². The van der Waals surface area contributed by atoms with Crippen molar-refractivity contribution in [3.05, 3.63) is 28.2 Å². The number of benzene rings is 1. The molecule has 104 valence electrons. The van der Waals surface area contributed by atoms with Gasteiger partial charge >= 0.3 is 0 Å². The molecule has 0 bridgehead atoms. The van der Waals surface area contributed by atoms with Gasteiger partial charge in [-0.05, 0) is 31.7 Å². The van der Waals surface area contributed by atoms with Crippen LogP contribution in [0.3, 0.4) is 0 Å². The summed E-state index contributed by atoms with van der Waals surface area (Å²) in [7, 11) is 1.84. The first-order valence-corrected chi connectivity index (χ1v) is 6.87. The maximum atomic E-state index is 12.3. The van der Waals surface area contributed by atoms with Gasteiger partial charge in [0.25, 0.3) is 0 Å². The number of likely N-dealkylation sites (N-methyl/N-ethyl adjacent to an activating group) is 1. The van der Waals surface area contributed by atoms with E-state index >= 15 is 0 Å². The summed E-state index contributed by atoms with van der Waals surface area (Å²) in [4.78, 5) is 15.9. The first-order chi connectivity index (χ1) is 9.04. The predicted molar refractivity (Wildman–Crippen MR) is 76.9 cm³/mol. The second-order valence-electron chi connectivity index (χ2n) is 4.60. The summed E-state index contributed by atoms with van der Waals surface area (Å²) >= 11 is 11.8. The number of hydrogen-bond acceptors (Lipinski definition) is 3. The van der Waals surface area contributed by atoms with Gasteiger partial charge in [-0.25, -0.2) is 0 Å². The fourth-order valence-corrected chi connectivity index (χ4v) is 2.59. The highest BCUT2D eigenvalue weighted by molar-refractivity contribution is 6.42. The second kappa shape index (κ2) is 6.09. The Morgan fingerprint density at radius 3 is 2.79 bits per heavy atom. The Kier molecular flexibility index (Phi) is 4.68. The molecule has 0 radical (unpaired) electrons. The Hall–Kier alpha value is -0.810. The monoisotopic (exact) mass is 302 g/mol. The van der Waals surface area contributed by atoms with Crippen molar-refractivity contribution in [1.82, 2.24) is 4.90 Å². The zero-order valence-electron chi connectivity index (χ0n) is 10.6. The molecule has 1 aliphatic rings. The molecule has 0 saturated carbocycles. The fourth-order valence-electron chi connectivity index (χ4n) is 2.30. The Balaban J connectivity index is 2.15. The number of amides is 1. The molecule has 1 N–H and O–H groups in total. The van der Waals surface area contributed by atoms with E-state index in [0.29, 0.717) is 23.1 Å². The first kappa shape index (κ1) is 14.6. The number of halogens is 2. The third-order valence-corrected chi connectivity index (χ3v) is 4.12. The van der Waals surface area contributed by atoms with Gasteiger partial charge < -0.3 is 10.0 Å². The van der Waals surface area contributed by atoms with Crippen molar-refractivity contribution >= 4 is 34.8 Å². The van der Waals surface area contributed by atoms with Crippen molar-refractivity contribution in [2.45, 2.75) is 12.5 Å². The normalized spacial score (nSPS) is 19.5. The van der Waals surface area contributed by atoms with E-state index in [9.17, 15) is 4.79 Å². The molecule has 1 aromatic carbocycles.